The molecule has 0 saturated heterocycles. The summed E-state index contributed by atoms with van der Waals surface area (Å²) >= 11 is 5.96. The van der Waals surface area contributed by atoms with Gasteiger partial charge < -0.3 is 10.2 Å². The van der Waals surface area contributed by atoms with E-state index in [4.69, 9.17) is 16.7 Å². The Hall–Kier alpha value is -2.07. The quantitative estimate of drug-likeness (QED) is 0.878. The van der Waals surface area contributed by atoms with Gasteiger partial charge in [-0.15, -0.1) is 0 Å². The van der Waals surface area contributed by atoms with Gasteiger partial charge >= 0.3 is 5.97 Å². The highest BCUT2D eigenvalue weighted by molar-refractivity contribution is 6.33. The zero-order chi connectivity index (χ0) is 14.2. The van der Waals surface area contributed by atoms with E-state index < -0.39 is 11.8 Å². The Morgan fingerprint density at radius 3 is 2.58 bits per heavy atom. The van der Waals surface area contributed by atoms with Gasteiger partial charge in [0.05, 0.1) is 5.02 Å². The minimum absolute atomic E-state index is 0.185. The van der Waals surface area contributed by atoms with Gasteiger partial charge in [-0.1, -0.05) is 17.7 Å². The van der Waals surface area contributed by atoms with E-state index in [2.05, 4.69) is 0 Å². The lowest BCUT2D eigenvalue weighted by Gasteiger charge is -2.09. The number of benzene rings is 2. The number of phenols is 1. The second-order valence-electron chi connectivity index (χ2n) is 4.12. The summed E-state index contributed by atoms with van der Waals surface area (Å²) in [6, 6.07) is 6.82. The molecule has 0 spiro atoms. The van der Waals surface area contributed by atoms with Crippen molar-refractivity contribution in [3.8, 4) is 16.9 Å². The highest BCUT2D eigenvalue weighted by Gasteiger charge is 2.13. The molecule has 0 fully saturated rings. The van der Waals surface area contributed by atoms with Crippen LogP contribution in [0.4, 0.5) is 4.39 Å². The van der Waals surface area contributed by atoms with E-state index in [9.17, 15) is 14.3 Å². The third kappa shape index (κ3) is 2.53. The van der Waals surface area contributed by atoms with Crippen molar-refractivity contribution in [2.24, 2.45) is 0 Å². The van der Waals surface area contributed by atoms with Crippen LogP contribution in [-0.2, 0) is 0 Å². The van der Waals surface area contributed by atoms with Gasteiger partial charge in [0.15, 0.2) is 0 Å². The summed E-state index contributed by atoms with van der Waals surface area (Å²) in [5.74, 6) is -1.99. The van der Waals surface area contributed by atoms with Crippen molar-refractivity contribution in [2.75, 3.05) is 0 Å². The number of halogens is 2. The number of carboxylic acids is 1. The molecule has 0 saturated carbocycles. The van der Waals surface area contributed by atoms with Crippen LogP contribution in [-0.4, -0.2) is 16.2 Å². The largest absolute Gasteiger partial charge is 0.507 e. The van der Waals surface area contributed by atoms with Gasteiger partial charge in [-0.05, 0) is 42.3 Å². The zero-order valence-electron chi connectivity index (χ0n) is 9.95. The summed E-state index contributed by atoms with van der Waals surface area (Å²) in [4.78, 5) is 11.0. The predicted octanol–water partition coefficient (Wildman–Crippen LogP) is 3.86. The molecule has 0 aliphatic heterocycles. The molecule has 2 aromatic rings. The van der Waals surface area contributed by atoms with Crippen LogP contribution in [0.25, 0.3) is 11.1 Å². The molecular weight excluding hydrogens is 271 g/mol. The van der Waals surface area contributed by atoms with Gasteiger partial charge in [0.25, 0.3) is 0 Å². The second-order valence-corrected chi connectivity index (χ2v) is 4.53. The molecule has 0 amide bonds. The van der Waals surface area contributed by atoms with E-state index in [-0.39, 0.29) is 16.3 Å². The van der Waals surface area contributed by atoms with Crippen LogP contribution >= 0.6 is 11.6 Å². The first-order chi connectivity index (χ1) is 8.90. The Morgan fingerprint density at radius 2 is 1.95 bits per heavy atom. The van der Waals surface area contributed by atoms with Crippen molar-refractivity contribution in [1.29, 1.82) is 0 Å². The lowest BCUT2D eigenvalue weighted by atomic mass is 10.0. The summed E-state index contributed by atoms with van der Waals surface area (Å²) in [6.07, 6.45) is 0. The molecule has 2 aromatic carbocycles. The van der Waals surface area contributed by atoms with Gasteiger partial charge in [-0.2, -0.15) is 0 Å². The maximum atomic E-state index is 13.3. The van der Waals surface area contributed by atoms with Gasteiger partial charge in [-0.3, -0.25) is 0 Å². The monoisotopic (exact) mass is 280 g/mol. The predicted molar refractivity (Wildman–Crippen MR) is 70.2 cm³/mol. The van der Waals surface area contributed by atoms with E-state index in [1.54, 1.807) is 6.92 Å². The van der Waals surface area contributed by atoms with Crippen LogP contribution in [0.2, 0.25) is 5.02 Å². The smallest absolute Gasteiger partial charge is 0.339 e. The number of aromatic carboxylic acids is 1. The number of hydrogen-bond acceptors (Lipinski definition) is 2. The maximum Gasteiger partial charge on any atom is 0.339 e. The highest BCUT2D eigenvalue weighted by atomic mass is 35.5. The molecule has 19 heavy (non-hydrogen) atoms. The van der Waals surface area contributed by atoms with E-state index in [0.29, 0.717) is 16.7 Å². The topological polar surface area (TPSA) is 57.5 Å². The van der Waals surface area contributed by atoms with Gasteiger partial charge in [0, 0.05) is 5.56 Å². The Labute approximate surface area is 113 Å². The van der Waals surface area contributed by atoms with E-state index >= 15 is 0 Å². The van der Waals surface area contributed by atoms with Crippen molar-refractivity contribution in [3.05, 3.63) is 52.3 Å². The molecule has 0 aliphatic carbocycles. The zero-order valence-corrected chi connectivity index (χ0v) is 10.7. The number of rotatable bonds is 2. The van der Waals surface area contributed by atoms with Crippen LogP contribution in [0.15, 0.2) is 30.3 Å². The molecule has 0 aliphatic rings. The molecule has 0 aromatic heterocycles. The molecule has 0 bridgehead atoms. The fourth-order valence-corrected chi connectivity index (χ4v) is 2.01. The summed E-state index contributed by atoms with van der Waals surface area (Å²) in [5, 5.41) is 18.6. The molecule has 2 N–H and O–H groups in total. The van der Waals surface area contributed by atoms with Crippen LogP contribution in [0.3, 0.4) is 0 Å². The molecule has 0 unspecified atom stereocenters. The van der Waals surface area contributed by atoms with Crippen molar-refractivity contribution < 1.29 is 19.4 Å². The summed E-state index contributed by atoms with van der Waals surface area (Å²) in [7, 11) is 0. The number of aromatic hydroxyl groups is 1. The standard InChI is InChI=1S/C14H10ClFO3/c1-7-4-9(11(15)6-12(7)16)8-2-3-13(17)10(5-8)14(18)19/h2-6,17H,1H3,(H,18,19). The van der Waals surface area contributed by atoms with Gasteiger partial charge in [0.1, 0.15) is 17.1 Å². The summed E-state index contributed by atoms with van der Waals surface area (Å²) in [6.45, 7) is 1.59. The van der Waals surface area contributed by atoms with Crippen molar-refractivity contribution in [1.82, 2.24) is 0 Å². The Kier molecular flexibility index (Phi) is 3.44. The van der Waals surface area contributed by atoms with Gasteiger partial charge in [-0.25, -0.2) is 9.18 Å². The SMILES string of the molecule is Cc1cc(-c2ccc(O)c(C(=O)O)c2)c(Cl)cc1F. The molecule has 0 heterocycles. The summed E-state index contributed by atoms with van der Waals surface area (Å²) < 4.78 is 13.3. The molecular formula is C14H10ClFO3. The molecule has 98 valence electrons. The Morgan fingerprint density at radius 1 is 1.26 bits per heavy atom. The number of carbonyl (C=O) groups is 1. The third-order valence-electron chi connectivity index (χ3n) is 2.79. The average molecular weight is 281 g/mol. The number of hydrogen-bond donors (Lipinski definition) is 2. The maximum absolute atomic E-state index is 13.3. The molecule has 0 radical (unpaired) electrons. The van der Waals surface area contributed by atoms with Crippen molar-refractivity contribution >= 4 is 17.6 Å². The normalized spacial score (nSPS) is 10.5. The van der Waals surface area contributed by atoms with Crippen LogP contribution in [0.1, 0.15) is 15.9 Å². The molecule has 3 nitrogen and oxygen atoms in total. The lowest BCUT2D eigenvalue weighted by Crippen LogP contribution is -1.97. The van der Waals surface area contributed by atoms with Crippen LogP contribution in [0.5, 0.6) is 5.75 Å². The average Bonchev–Trinajstić information content (AvgIpc) is 2.34. The van der Waals surface area contributed by atoms with Crippen molar-refractivity contribution in [2.45, 2.75) is 6.92 Å². The van der Waals surface area contributed by atoms with Crippen LogP contribution < -0.4 is 0 Å². The fraction of sp³-hybridized carbons (Fsp3) is 0.0714. The summed E-state index contributed by atoms with van der Waals surface area (Å²) in [5.41, 5.74) is 1.20. The van der Waals surface area contributed by atoms with Crippen molar-refractivity contribution in [3.63, 3.8) is 0 Å². The fourth-order valence-electron chi connectivity index (χ4n) is 1.75. The number of aryl methyl sites for hydroxylation is 1. The second kappa shape index (κ2) is 4.90. The van der Waals surface area contributed by atoms with Gasteiger partial charge in [0.2, 0.25) is 0 Å². The molecule has 5 heteroatoms. The first-order valence-corrected chi connectivity index (χ1v) is 5.80. The minimum Gasteiger partial charge on any atom is -0.507 e. The molecule has 0 atom stereocenters. The van der Waals surface area contributed by atoms with Crippen LogP contribution in [0, 0.1) is 12.7 Å². The Balaban J connectivity index is 2.63. The Bertz CT molecular complexity index is 668. The van der Waals surface area contributed by atoms with E-state index in [0.717, 1.165) is 0 Å². The number of carboxylic acid groups (broad SMARTS) is 1. The lowest BCUT2D eigenvalue weighted by molar-refractivity contribution is 0.0694. The van der Waals surface area contributed by atoms with E-state index in [1.807, 2.05) is 0 Å². The third-order valence-corrected chi connectivity index (χ3v) is 3.10. The molecule has 2 rings (SSSR count). The first-order valence-electron chi connectivity index (χ1n) is 5.42. The van der Waals surface area contributed by atoms with E-state index in [1.165, 1.54) is 30.3 Å². The highest BCUT2D eigenvalue weighted by Crippen LogP contribution is 2.32. The first kappa shape index (κ1) is 13.4. The minimum atomic E-state index is -1.24.